The van der Waals surface area contributed by atoms with Crippen LogP contribution in [0, 0.1) is 19.7 Å². The summed E-state index contributed by atoms with van der Waals surface area (Å²) in [6, 6.07) is 7.25. The summed E-state index contributed by atoms with van der Waals surface area (Å²) < 4.78 is 20.0. The molecule has 4 rings (SSSR count). The standard InChI is InChI=1S/C21H24FN5O/c1-13-5-4-6-17(19(13)22)14(2)24-21-18-11-16(27-7-9-28-10-8-27)12-23-20(18)15(3)25-26-21/h4-6,11-12,14H,7-10H2,1-3H3,(H,24,26)/t14-/m1/s1. The number of ether oxygens (including phenoxy) is 1. The third-order valence-corrected chi connectivity index (χ3v) is 5.19. The van der Waals surface area contributed by atoms with Gasteiger partial charge < -0.3 is 15.0 Å². The van der Waals surface area contributed by atoms with E-state index in [1.807, 2.05) is 26.1 Å². The lowest BCUT2D eigenvalue weighted by molar-refractivity contribution is 0.122. The third-order valence-electron chi connectivity index (χ3n) is 5.19. The molecule has 1 aliphatic rings. The van der Waals surface area contributed by atoms with Gasteiger partial charge in [-0.15, -0.1) is 5.10 Å². The van der Waals surface area contributed by atoms with Crippen LogP contribution < -0.4 is 10.2 Å². The number of nitrogens with one attached hydrogen (secondary N) is 1. The van der Waals surface area contributed by atoms with E-state index >= 15 is 0 Å². The normalized spacial score (nSPS) is 15.6. The van der Waals surface area contributed by atoms with Crippen molar-refractivity contribution in [3.63, 3.8) is 0 Å². The van der Waals surface area contributed by atoms with Crippen LogP contribution in [-0.2, 0) is 4.74 Å². The van der Waals surface area contributed by atoms with Gasteiger partial charge in [-0.05, 0) is 32.4 Å². The Morgan fingerprint density at radius 1 is 1.18 bits per heavy atom. The highest BCUT2D eigenvalue weighted by Gasteiger charge is 2.18. The average molecular weight is 381 g/mol. The van der Waals surface area contributed by atoms with Crippen LogP contribution in [0.15, 0.2) is 30.5 Å². The molecule has 0 unspecified atom stereocenters. The van der Waals surface area contributed by atoms with Crippen LogP contribution >= 0.6 is 0 Å². The van der Waals surface area contributed by atoms with Gasteiger partial charge in [0.05, 0.1) is 42.4 Å². The minimum Gasteiger partial charge on any atom is -0.378 e. The van der Waals surface area contributed by atoms with Gasteiger partial charge in [-0.2, -0.15) is 5.10 Å². The number of fused-ring (bicyclic) bond motifs is 1. The monoisotopic (exact) mass is 381 g/mol. The second-order valence-corrected chi connectivity index (χ2v) is 7.17. The molecule has 3 heterocycles. The zero-order chi connectivity index (χ0) is 19.7. The number of halogens is 1. The molecule has 3 aromatic rings. The summed E-state index contributed by atoms with van der Waals surface area (Å²) in [6.07, 6.45) is 1.87. The smallest absolute Gasteiger partial charge is 0.158 e. The van der Waals surface area contributed by atoms with E-state index in [4.69, 9.17) is 4.74 Å². The van der Waals surface area contributed by atoms with Gasteiger partial charge in [0, 0.05) is 24.0 Å². The van der Waals surface area contributed by atoms with Gasteiger partial charge in [0.1, 0.15) is 5.82 Å². The molecular weight excluding hydrogens is 357 g/mol. The first-order chi connectivity index (χ1) is 13.5. The molecule has 1 aliphatic heterocycles. The Labute approximate surface area is 163 Å². The minimum absolute atomic E-state index is 0.195. The van der Waals surface area contributed by atoms with Crippen LogP contribution in [0.2, 0.25) is 0 Å². The fraction of sp³-hybridized carbons (Fsp3) is 0.381. The lowest BCUT2D eigenvalue weighted by atomic mass is 10.0. The lowest BCUT2D eigenvalue weighted by Crippen LogP contribution is -2.36. The molecule has 1 atom stereocenters. The van der Waals surface area contributed by atoms with Gasteiger partial charge in [-0.3, -0.25) is 4.98 Å². The van der Waals surface area contributed by atoms with E-state index in [0.29, 0.717) is 30.2 Å². The van der Waals surface area contributed by atoms with Crippen molar-refractivity contribution in [2.75, 3.05) is 36.5 Å². The summed E-state index contributed by atoms with van der Waals surface area (Å²) in [7, 11) is 0. The molecule has 146 valence electrons. The fourth-order valence-corrected chi connectivity index (χ4v) is 3.54. The Morgan fingerprint density at radius 3 is 2.75 bits per heavy atom. The number of aromatic nitrogens is 3. The molecule has 1 fully saturated rings. The van der Waals surface area contributed by atoms with Gasteiger partial charge in [0.2, 0.25) is 0 Å². The maximum Gasteiger partial charge on any atom is 0.158 e. The average Bonchev–Trinajstić information content (AvgIpc) is 2.72. The van der Waals surface area contributed by atoms with Crippen molar-refractivity contribution in [2.24, 2.45) is 0 Å². The molecule has 2 aromatic heterocycles. The first-order valence-electron chi connectivity index (χ1n) is 9.52. The van der Waals surface area contributed by atoms with E-state index in [2.05, 4.69) is 31.5 Å². The van der Waals surface area contributed by atoms with Crippen LogP contribution in [0.25, 0.3) is 10.9 Å². The second-order valence-electron chi connectivity index (χ2n) is 7.17. The summed E-state index contributed by atoms with van der Waals surface area (Å²) in [6.45, 7) is 8.66. The van der Waals surface area contributed by atoms with Crippen LogP contribution in [0.4, 0.5) is 15.9 Å². The first-order valence-corrected chi connectivity index (χ1v) is 9.52. The van der Waals surface area contributed by atoms with Crippen LogP contribution in [-0.4, -0.2) is 41.5 Å². The Morgan fingerprint density at radius 2 is 1.96 bits per heavy atom. The number of hydrogen-bond donors (Lipinski definition) is 1. The van der Waals surface area contributed by atoms with E-state index in [-0.39, 0.29) is 11.9 Å². The van der Waals surface area contributed by atoms with Crippen LogP contribution in [0.3, 0.4) is 0 Å². The molecule has 6 nitrogen and oxygen atoms in total. The molecule has 1 saturated heterocycles. The van der Waals surface area contributed by atoms with Gasteiger partial charge in [0.15, 0.2) is 5.82 Å². The summed E-state index contributed by atoms with van der Waals surface area (Å²) in [5, 5.41) is 12.8. The van der Waals surface area contributed by atoms with Crippen molar-refractivity contribution in [1.82, 2.24) is 15.2 Å². The Kier molecular flexibility index (Phi) is 5.09. The molecule has 0 spiro atoms. The topological polar surface area (TPSA) is 63.2 Å². The van der Waals surface area contributed by atoms with Crippen molar-refractivity contribution >= 4 is 22.4 Å². The highest BCUT2D eigenvalue weighted by molar-refractivity contribution is 5.92. The molecule has 0 radical (unpaired) electrons. The summed E-state index contributed by atoms with van der Waals surface area (Å²) in [4.78, 5) is 6.88. The van der Waals surface area contributed by atoms with Crippen LogP contribution in [0.1, 0.15) is 29.8 Å². The van der Waals surface area contributed by atoms with E-state index in [9.17, 15) is 4.39 Å². The molecule has 0 aliphatic carbocycles. The molecule has 0 bridgehead atoms. The lowest BCUT2D eigenvalue weighted by Gasteiger charge is -2.28. The molecular formula is C21H24FN5O. The summed E-state index contributed by atoms with van der Waals surface area (Å²) in [5.74, 6) is 0.413. The Hall–Kier alpha value is -2.80. The maximum absolute atomic E-state index is 14.5. The molecule has 1 aromatic carbocycles. The van der Waals surface area contributed by atoms with Crippen molar-refractivity contribution in [1.29, 1.82) is 0 Å². The van der Waals surface area contributed by atoms with E-state index in [1.165, 1.54) is 0 Å². The third kappa shape index (κ3) is 3.49. The number of benzene rings is 1. The molecule has 1 N–H and O–H groups in total. The number of hydrogen-bond acceptors (Lipinski definition) is 6. The zero-order valence-corrected chi connectivity index (χ0v) is 16.4. The number of nitrogens with zero attached hydrogens (tertiary/aromatic N) is 4. The van der Waals surface area contributed by atoms with Crippen molar-refractivity contribution in [3.05, 3.63) is 53.1 Å². The number of morpholine rings is 1. The Balaban J connectivity index is 1.71. The quantitative estimate of drug-likeness (QED) is 0.742. The van der Waals surface area contributed by atoms with E-state index < -0.39 is 0 Å². The highest BCUT2D eigenvalue weighted by atomic mass is 19.1. The molecule has 28 heavy (non-hydrogen) atoms. The fourth-order valence-electron chi connectivity index (χ4n) is 3.54. The Bertz CT molecular complexity index is 1000. The number of rotatable bonds is 4. The first kappa shape index (κ1) is 18.6. The zero-order valence-electron chi connectivity index (χ0n) is 16.4. The van der Waals surface area contributed by atoms with Crippen molar-refractivity contribution in [2.45, 2.75) is 26.8 Å². The van der Waals surface area contributed by atoms with Crippen molar-refractivity contribution < 1.29 is 9.13 Å². The van der Waals surface area contributed by atoms with Gasteiger partial charge in [-0.1, -0.05) is 18.2 Å². The largest absolute Gasteiger partial charge is 0.378 e. The van der Waals surface area contributed by atoms with E-state index in [0.717, 1.165) is 35.4 Å². The minimum atomic E-state index is -0.257. The highest BCUT2D eigenvalue weighted by Crippen LogP contribution is 2.29. The van der Waals surface area contributed by atoms with Gasteiger partial charge in [-0.25, -0.2) is 4.39 Å². The number of pyridine rings is 1. The number of anilines is 2. The molecule has 0 amide bonds. The molecule has 0 saturated carbocycles. The second kappa shape index (κ2) is 7.67. The SMILES string of the molecule is Cc1cccc([C@@H](C)Nc2nnc(C)c3ncc(N4CCOCC4)cc23)c1F. The summed E-state index contributed by atoms with van der Waals surface area (Å²) >= 11 is 0. The molecule has 7 heteroatoms. The van der Waals surface area contributed by atoms with Crippen LogP contribution in [0.5, 0.6) is 0 Å². The van der Waals surface area contributed by atoms with Crippen molar-refractivity contribution in [3.8, 4) is 0 Å². The maximum atomic E-state index is 14.5. The van der Waals surface area contributed by atoms with Gasteiger partial charge >= 0.3 is 0 Å². The number of aryl methyl sites for hydroxylation is 2. The predicted molar refractivity (Wildman–Crippen MR) is 108 cm³/mol. The van der Waals surface area contributed by atoms with Gasteiger partial charge in [0.25, 0.3) is 0 Å². The summed E-state index contributed by atoms with van der Waals surface area (Å²) in [5.41, 5.74) is 3.82. The van der Waals surface area contributed by atoms with E-state index in [1.54, 1.807) is 19.1 Å². The predicted octanol–water partition coefficient (Wildman–Crippen LogP) is 3.79.